The van der Waals surface area contributed by atoms with E-state index in [9.17, 15) is 4.57 Å². The zero-order valence-electron chi connectivity index (χ0n) is 6.50. The molecular formula is C8H13OP. The molecule has 1 nitrogen and oxygen atoms in total. The van der Waals surface area contributed by atoms with E-state index >= 15 is 0 Å². The van der Waals surface area contributed by atoms with E-state index in [1.54, 1.807) is 0 Å². The molecule has 1 heterocycles. The Morgan fingerprint density at radius 1 is 1.70 bits per heavy atom. The molecule has 56 valence electrons. The topological polar surface area (TPSA) is 17.1 Å². The van der Waals surface area contributed by atoms with Crippen molar-refractivity contribution in [1.82, 2.24) is 0 Å². The van der Waals surface area contributed by atoms with Crippen LogP contribution in [0.3, 0.4) is 0 Å². The first-order valence-corrected chi connectivity index (χ1v) is 5.74. The Morgan fingerprint density at radius 3 is 2.80 bits per heavy atom. The molecule has 2 heteroatoms. The summed E-state index contributed by atoms with van der Waals surface area (Å²) in [6, 6.07) is 0. The molecule has 0 aliphatic carbocycles. The minimum Gasteiger partial charge on any atom is -0.319 e. The molecule has 1 rings (SSSR count). The molecule has 1 atom stereocenters. The molecule has 0 bridgehead atoms. The highest BCUT2D eigenvalue weighted by Crippen LogP contribution is 2.49. The minimum absolute atomic E-state index is 0.792. The van der Waals surface area contributed by atoms with E-state index in [0.717, 1.165) is 12.3 Å². The summed E-state index contributed by atoms with van der Waals surface area (Å²) >= 11 is 0. The van der Waals surface area contributed by atoms with Gasteiger partial charge >= 0.3 is 0 Å². The second kappa shape index (κ2) is 2.75. The molecule has 0 aromatic rings. The van der Waals surface area contributed by atoms with Crippen LogP contribution in [0.2, 0.25) is 0 Å². The standard InChI is InChI=1S/C8H13OP/c1-3-10(9)6-4-5-8(2)7-10/h4-6H,3,7H2,1-2H3. The van der Waals surface area contributed by atoms with Gasteiger partial charge in [0.05, 0.1) is 0 Å². The molecule has 0 fully saturated rings. The maximum absolute atomic E-state index is 11.7. The van der Waals surface area contributed by atoms with Crippen molar-refractivity contribution in [2.45, 2.75) is 13.8 Å². The highest BCUT2D eigenvalue weighted by atomic mass is 31.2. The summed E-state index contributed by atoms with van der Waals surface area (Å²) in [4.78, 5) is 0. The van der Waals surface area contributed by atoms with E-state index in [2.05, 4.69) is 0 Å². The lowest BCUT2D eigenvalue weighted by molar-refractivity contribution is 0.582. The Labute approximate surface area is 62.2 Å². The quantitative estimate of drug-likeness (QED) is 0.533. The molecule has 10 heavy (non-hydrogen) atoms. The lowest BCUT2D eigenvalue weighted by Crippen LogP contribution is -1.94. The van der Waals surface area contributed by atoms with Gasteiger partial charge in [-0.1, -0.05) is 24.6 Å². The highest BCUT2D eigenvalue weighted by Gasteiger charge is 2.17. The number of hydrogen-bond acceptors (Lipinski definition) is 1. The highest BCUT2D eigenvalue weighted by molar-refractivity contribution is 7.67. The molecule has 0 spiro atoms. The summed E-state index contributed by atoms with van der Waals surface area (Å²) < 4.78 is 11.7. The number of allylic oxidation sites excluding steroid dienone is 3. The smallest absolute Gasteiger partial charge is 0.112 e. The predicted molar refractivity (Wildman–Crippen MR) is 45.9 cm³/mol. The lowest BCUT2D eigenvalue weighted by atomic mass is 10.3. The van der Waals surface area contributed by atoms with Crippen molar-refractivity contribution in [3.63, 3.8) is 0 Å². The molecule has 1 aliphatic rings. The average Bonchev–Trinajstić information content (AvgIpc) is 1.88. The summed E-state index contributed by atoms with van der Waals surface area (Å²) in [6.07, 6.45) is 5.55. The van der Waals surface area contributed by atoms with Crippen molar-refractivity contribution >= 4 is 7.14 Å². The van der Waals surface area contributed by atoms with Gasteiger partial charge in [0.25, 0.3) is 0 Å². The summed E-state index contributed by atoms with van der Waals surface area (Å²) in [5, 5.41) is 0. The lowest BCUT2D eigenvalue weighted by Gasteiger charge is -2.14. The molecule has 0 saturated heterocycles. The zero-order chi connectivity index (χ0) is 7.61. The van der Waals surface area contributed by atoms with Crippen LogP contribution in [-0.4, -0.2) is 12.3 Å². The SMILES string of the molecule is CCP1(=O)C=CC=C(C)C1. The molecule has 0 N–H and O–H groups in total. The van der Waals surface area contributed by atoms with Crippen LogP contribution in [-0.2, 0) is 4.57 Å². The Morgan fingerprint density at radius 2 is 2.40 bits per heavy atom. The third-order valence-corrected chi connectivity index (χ3v) is 4.61. The van der Waals surface area contributed by atoms with Gasteiger partial charge in [0, 0.05) is 12.3 Å². The fourth-order valence-corrected chi connectivity index (χ4v) is 3.00. The van der Waals surface area contributed by atoms with Gasteiger partial charge in [0.15, 0.2) is 0 Å². The molecule has 0 amide bonds. The van der Waals surface area contributed by atoms with Crippen LogP contribution < -0.4 is 0 Å². The summed E-state index contributed by atoms with van der Waals surface area (Å²) in [7, 11) is -1.90. The van der Waals surface area contributed by atoms with E-state index in [1.807, 2.05) is 31.8 Å². The second-order valence-electron chi connectivity index (χ2n) is 2.78. The third kappa shape index (κ3) is 1.60. The van der Waals surface area contributed by atoms with Crippen LogP contribution in [0.1, 0.15) is 13.8 Å². The molecule has 0 aromatic heterocycles. The van der Waals surface area contributed by atoms with Crippen LogP contribution in [0.4, 0.5) is 0 Å². The maximum atomic E-state index is 11.7. The Hall–Kier alpha value is -0.290. The van der Waals surface area contributed by atoms with E-state index in [4.69, 9.17) is 0 Å². The van der Waals surface area contributed by atoms with Crippen molar-refractivity contribution in [3.05, 3.63) is 23.5 Å². The summed E-state index contributed by atoms with van der Waals surface area (Å²) in [6.45, 7) is 4.02. The van der Waals surface area contributed by atoms with Crippen LogP contribution >= 0.6 is 7.14 Å². The molecule has 0 radical (unpaired) electrons. The van der Waals surface area contributed by atoms with Crippen molar-refractivity contribution in [3.8, 4) is 0 Å². The Kier molecular flexibility index (Phi) is 2.15. The Bertz CT molecular complexity index is 225. The predicted octanol–water partition coefficient (Wildman–Crippen LogP) is 2.84. The van der Waals surface area contributed by atoms with E-state index < -0.39 is 7.14 Å². The van der Waals surface area contributed by atoms with Gasteiger partial charge in [-0.3, -0.25) is 0 Å². The van der Waals surface area contributed by atoms with Crippen molar-refractivity contribution in [2.75, 3.05) is 12.3 Å². The van der Waals surface area contributed by atoms with Crippen LogP contribution in [0.5, 0.6) is 0 Å². The van der Waals surface area contributed by atoms with Crippen LogP contribution in [0.25, 0.3) is 0 Å². The van der Waals surface area contributed by atoms with E-state index in [0.29, 0.717) is 0 Å². The average molecular weight is 156 g/mol. The van der Waals surface area contributed by atoms with Crippen molar-refractivity contribution < 1.29 is 4.57 Å². The first kappa shape index (κ1) is 7.81. The summed E-state index contributed by atoms with van der Waals surface area (Å²) in [5.41, 5.74) is 1.24. The van der Waals surface area contributed by atoms with E-state index in [1.165, 1.54) is 5.57 Å². The fraction of sp³-hybridized carbons (Fsp3) is 0.500. The Balaban J connectivity index is 2.82. The second-order valence-corrected chi connectivity index (χ2v) is 5.93. The molecule has 0 aromatic carbocycles. The molecular weight excluding hydrogens is 143 g/mol. The normalized spacial score (nSPS) is 32.0. The first-order valence-electron chi connectivity index (χ1n) is 3.59. The van der Waals surface area contributed by atoms with Gasteiger partial charge in [-0.05, 0) is 12.7 Å². The van der Waals surface area contributed by atoms with Gasteiger partial charge in [-0.15, -0.1) is 0 Å². The largest absolute Gasteiger partial charge is 0.319 e. The van der Waals surface area contributed by atoms with Crippen molar-refractivity contribution in [2.24, 2.45) is 0 Å². The maximum Gasteiger partial charge on any atom is 0.112 e. The van der Waals surface area contributed by atoms with Gasteiger partial charge in [-0.25, -0.2) is 0 Å². The van der Waals surface area contributed by atoms with Crippen LogP contribution in [0, 0.1) is 0 Å². The monoisotopic (exact) mass is 156 g/mol. The first-order chi connectivity index (χ1) is 4.66. The number of rotatable bonds is 1. The fourth-order valence-electron chi connectivity index (χ4n) is 1.11. The van der Waals surface area contributed by atoms with Gasteiger partial charge in [0.1, 0.15) is 7.14 Å². The molecule has 1 unspecified atom stereocenters. The number of hydrogen-bond donors (Lipinski definition) is 0. The van der Waals surface area contributed by atoms with E-state index in [-0.39, 0.29) is 0 Å². The minimum atomic E-state index is -1.90. The van der Waals surface area contributed by atoms with Crippen LogP contribution in [0.15, 0.2) is 23.5 Å². The zero-order valence-corrected chi connectivity index (χ0v) is 7.40. The van der Waals surface area contributed by atoms with Gasteiger partial charge in [0.2, 0.25) is 0 Å². The summed E-state index contributed by atoms with van der Waals surface area (Å²) in [5.74, 6) is 1.88. The van der Waals surface area contributed by atoms with Gasteiger partial charge < -0.3 is 4.57 Å². The van der Waals surface area contributed by atoms with Gasteiger partial charge in [-0.2, -0.15) is 0 Å². The van der Waals surface area contributed by atoms with Crippen molar-refractivity contribution in [1.29, 1.82) is 0 Å². The molecule has 0 saturated carbocycles. The molecule has 1 aliphatic heterocycles. The third-order valence-electron chi connectivity index (χ3n) is 1.79.